The van der Waals surface area contributed by atoms with Crippen molar-refractivity contribution in [1.82, 2.24) is 10.2 Å². The molecule has 0 radical (unpaired) electrons. The van der Waals surface area contributed by atoms with Crippen molar-refractivity contribution in [3.8, 4) is 0 Å². The van der Waals surface area contributed by atoms with Crippen LogP contribution >= 0.6 is 0 Å². The minimum absolute atomic E-state index is 0.0610. The van der Waals surface area contributed by atoms with Gasteiger partial charge in [-0.2, -0.15) is 0 Å². The zero-order valence-electron chi connectivity index (χ0n) is 12.1. The molecular formula is C14H25N3O2. The first-order chi connectivity index (χ1) is 9.04. The predicted octanol–water partition coefficient (Wildman–Crippen LogP) is 1.37. The first-order valence-corrected chi connectivity index (χ1v) is 6.71. The number of furan rings is 1. The van der Waals surface area contributed by atoms with Gasteiger partial charge in [0.05, 0.1) is 12.3 Å². The van der Waals surface area contributed by atoms with Gasteiger partial charge in [-0.25, -0.2) is 0 Å². The van der Waals surface area contributed by atoms with Crippen LogP contribution in [0, 0.1) is 5.92 Å². The Kier molecular flexibility index (Phi) is 6.59. The molecule has 1 heterocycles. The van der Waals surface area contributed by atoms with Gasteiger partial charge in [0.25, 0.3) is 0 Å². The standard InChI is InChI=1S/C14H25N3O2/c1-11(9-15)6-7-14(18)16-10-12(17(2)3)13-5-4-8-19-13/h4-5,8,11-12H,6-7,9-10,15H2,1-3H3,(H,16,18). The largest absolute Gasteiger partial charge is 0.468 e. The second-order valence-corrected chi connectivity index (χ2v) is 5.18. The molecule has 0 fully saturated rings. The molecule has 0 aliphatic heterocycles. The van der Waals surface area contributed by atoms with Gasteiger partial charge >= 0.3 is 0 Å². The Morgan fingerprint density at radius 3 is 2.79 bits per heavy atom. The molecule has 5 heteroatoms. The van der Waals surface area contributed by atoms with Crippen LogP contribution in [0.15, 0.2) is 22.8 Å². The summed E-state index contributed by atoms with van der Waals surface area (Å²) in [5.74, 6) is 1.32. The number of hydrogen-bond acceptors (Lipinski definition) is 4. The highest BCUT2D eigenvalue weighted by Gasteiger charge is 2.17. The lowest BCUT2D eigenvalue weighted by Crippen LogP contribution is -2.34. The van der Waals surface area contributed by atoms with Crippen molar-refractivity contribution in [2.45, 2.75) is 25.8 Å². The zero-order chi connectivity index (χ0) is 14.3. The SMILES string of the molecule is CC(CN)CCC(=O)NCC(c1ccco1)N(C)C. The third-order valence-corrected chi connectivity index (χ3v) is 3.25. The molecule has 1 rings (SSSR count). The summed E-state index contributed by atoms with van der Waals surface area (Å²) >= 11 is 0. The van der Waals surface area contributed by atoms with E-state index in [0.29, 0.717) is 25.4 Å². The summed E-state index contributed by atoms with van der Waals surface area (Å²) in [6, 6.07) is 3.84. The fourth-order valence-electron chi connectivity index (χ4n) is 1.81. The van der Waals surface area contributed by atoms with E-state index in [1.165, 1.54) is 0 Å². The molecule has 0 aliphatic carbocycles. The molecule has 0 aromatic carbocycles. The molecule has 3 N–H and O–H groups in total. The average molecular weight is 267 g/mol. The molecule has 5 nitrogen and oxygen atoms in total. The predicted molar refractivity (Wildman–Crippen MR) is 75.6 cm³/mol. The van der Waals surface area contributed by atoms with Gasteiger partial charge in [-0.1, -0.05) is 6.92 Å². The lowest BCUT2D eigenvalue weighted by molar-refractivity contribution is -0.121. The number of likely N-dealkylation sites (N-methyl/N-ethyl adjacent to an activating group) is 1. The maximum Gasteiger partial charge on any atom is 0.220 e. The molecule has 1 aromatic heterocycles. The molecule has 2 unspecified atom stereocenters. The van der Waals surface area contributed by atoms with E-state index in [1.54, 1.807) is 6.26 Å². The summed E-state index contributed by atoms with van der Waals surface area (Å²) in [4.78, 5) is 13.8. The smallest absolute Gasteiger partial charge is 0.220 e. The molecule has 0 saturated heterocycles. The van der Waals surface area contributed by atoms with Crippen LogP contribution in [0.1, 0.15) is 31.6 Å². The van der Waals surface area contributed by atoms with Crippen LogP contribution in [0.2, 0.25) is 0 Å². The van der Waals surface area contributed by atoms with Crippen LogP contribution in [0.3, 0.4) is 0 Å². The van der Waals surface area contributed by atoms with E-state index in [2.05, 4.69) is 12.2 Å². The number of hydrogen-bond donors (Lipinski definition) is 2. The maximum atomic E-state index is 11.8. The quantitative estimate of drug-likeness (QED) is 0.746. The highest BCUT2D eigenvalue weighted by molar-refractivity contribution is 5.75. The fourth-order valence-corrected chi connectivity index (χ4v) is 1.81. The van der Waals surface area contributed by atoms with Crippen molar-refractivity contribution in [3.63, 3.8) is 0 Å². The number of nitrogens with two attached hydrogens (primary N) is 1. The molecule has 0 saturated carbocycles. The van der Waals surface area contributed by atoms with Crippen molar-refractivity contribution in [1.29, 1.82) is 0 Å². The minimum Gasteiger partial charge on any atom is -0.468 e. The maximum absolute atomic E-state index is 11.8. The van der Waals surface area contributed by atoms with Crippen molar-refractivity contribution >= 4 is 5.91 Å². The van der Waals surface area contributed by atoms with Crippen LogP contribution < -0.4 is 11.1 Å². The highest BCUT2D eigenvalue weighted by Crippen LogP contribution is 2.17. The van der Waals surface area contributed by atoms with Crippen molar-refractivity contribution in [3.05, 3.63) is 24.2 Å². The van der Waals surface area contributed by atoms with Gasteiger partial charge in [0.2, 0.25) is 5.91 Å². The summed E-state index contributed by atoms with van der Waals surface area (Å²) in [6.07, 6.45) is 3.00. The fraction of sp³-hybridized carbons (Fsp3) is 0.643. The number of nitrogens with one attached hydrogen (secondary N) is 1. The van der Waals surface area contributed by atoms with Crippen molar-refractivity contribution in [2.24, 2.45) is 11.7 Å². The van der Waals surface area contributed by atoms with E-state index < -0.39 is 0 Å². The van der Waals surface area contributed by atoms with E-state index in [9.17, 15) is 4.79 Å². The molecule has 108 valence electrons. The van der Waals surface area contributed by atoms with Crippen molar-refractivity contribution < 1.29 is 9.21 Å². The van der Waals surface area contributed by atoms with Crippen molar-refractivity contribution in [2.75, 3.05) is 27.2 Å². The Bertz CT molecular complexity index is 363. The minimum atomic E-state index is 0.0610. The second-order valence-electron chi connectivity index (χ2n) is 5.18. The Labute approximate surface area is 115 Å². The first kappa shape index (κ1) is 15.7. The van der Waals surface area contributed by atoms with Crippen LogP contribution in [-0.2, 0) is 4.79 Å². The lowest BCUT2D eigenvalue weighted by atomic mass is 10.1. The van der Waals surface area contributed by atoms with Crippen LogP contribution in [0.4, 0.5) is 0 Å². The molecule has 1 aromatic rings. The number of amides is 1. The van der Waals surface area contributed by atoms with E-state index in [-0.39, 0.29) is 11.9 Å². The van der Waals surface area contributed by atoms with E-state index in [0.717, 1.165) is 12.2 Å². The Morgan fingerprint density at radius 1 is 1.53 bits per heavy atom. The van der Waals surface area contributed by atoms with Gasteiger partial charge in [0, 0.05) is 13.0 Å². The van der Waals surface area contributed by atoms with Gasteiger partial charge in [-0.3, -0.25) is 9.69 Å². The second kappa shape index (κ2) is 7.96. The zero-order valence-corrected chi connectivity index (χ0v) is 12.1. The van der Waals surface area contributed by atoms with Gasteiger partial charge in [-0.15, -0.1) is 0 Å². The number of carbonyl (C=O) groups excluding carboxylic acids is 1. The van der Waals surface area contributed by atoms with E-state index in [1.807, 2.05) is 31.1 Å². The Balaban J connectivity index is 2.38. The summed E-state index contributed by atoms with van der Waals surface area (Å²) in [7, 11) is 3.94. The number of nitrogens with zero attached hydrogens (tertiary/aromatic N) is 1. The van der Waals surface area contributed by atoms with Gasteiger partial charge in [0.15, 0.2) is 0 Å². The van der Waals surface area contributed by atoms with Crippen LogP contribution in [0.5, 0.6) is 0 Å². The summed E-state index contributed by atoms with van der Waals surface area (Å²) in [5, 5.41) is 2.95. The third-order valence-electron chi connectivity index (χ3n) is 3.25. The van der Waals surface area contributed by atoms with E-state index >= 15 is 0 Å². The molecule has 1 amide bonds. The topological polar surface area (TPSA) is 71.5 Å². The molecule has 19 heavy (non-hydrogen) atoms. The van der Waals surface area contributed by atoms with Crippen LogP contribution in [-0.4, -0.2) is 38.0 Å². The normalized spacial score (nSPS) is 14.4. The molecule has 2 atom stereocenters. The van der Waals surface area contributed by atoms with Crippen LogP contribution in [0.25, 0.3) is 0 Å². The third kappa shape index (κ3) is 5.44. The summed E-state index contributed by atoms with van der Waals surface area (Å²) < 4.78 is 5.40. The molecular weight excluding hydrogens is 242 g/mol. The first-order valence-electron chi connectivity index (χ1n) is 6.71. The summed E-state index contributed by atoms with van der Waals surface area (Å²) in [5.41, 5.74) is 5.53. The Morgan fingerprint density at radius 2 is 2.26 bits per heavy atom. The molecule has 0 aliphatic rings. The monoisotopic (exact) mass is 267 g/mol. The Hall–Kier alpha value is -1.33. The number of carbonyl (C=O) groups is 1. The summed E-state index contributed by atoms with van der Waals surface area (Å²) in [6.45, 7) is 3.23. The number of rotatable bonds is 8. The van der Waals surface area contributed by atoms with Gasteiger partial charge < -0.3 is 15.5 Å². The molecule has 0 spiro atoms. The average Bonchev–Trinajstić information content (AvgIpc) is 2.89. The van der Waals surface area contributed by atoms with Gasteiger partial charge in [0.1, 0.15) is 5.76 Å². The lowest BCUT2D eigenvalue weighted by Gasteiger charge is -2.22. The van der Waals surface area contributed by atoms with Gasteiger partial charge in [-0.05, 0) is 45.1 Å². The highest BCUT2D eigenvalue weighted by atomic mass is 16.3. The molecule has 0 bridgehead atoms. The van der Waals surface area contributed by atoms with E-state index in [4.69, 9.17) is 10.2 Å².